The molecule has 1 fully saturated rings. The maximum absolute atomic E-state index is 3.43. The van der Waals surface area contributed by atoms with E-state index < -0.39 is 0 Å². The Kier molecular flexibility index (Phi) is 4.46. The van der Waals surface area contributed by atoms with Crippen molar-refractivity contribution >= 4 is 0 Å². The molecule has 1 saturated heterocycles. The lowest BCUT2D eigenvalue weighted by molar-refractivity contribution is 0.244. The maximum Gasteiger partial charge on any atom is 0.0168 e. The Labute approximate surface area is 82.0 Å². The second-order valence-corrected chi connectivity index (χ2v) is 4.16. The Hall–Kier alpha value is -0.340. The first kappa shape index (κ1) is 10.7. The molecule has 1 aliphatic rings. The van der Waals surface area contributed by atoms with Gasteiger partial charge in [-0.15, -0.1) is 0 Å². The number of rotatable bonds is 2. The molecule has 1 heterocycles. The van der Waals surface area contributed by atoms with Gasteiger partial charge < -0.3 is 5.32 Å². The van der Waals surface area contributed by atoms with Crippen LogP contribution in [0, 0.1) is 0 Å². The summed E-state index contributed by atoms with van der Waals surface area (Å²) in [6, 6.07) is 0.727. The molecule has 0 spiro atoms. The van der Waals surface area contributed by atoms with E-state index in [0.29, 0.717) is 0 Å². The summed E-state index contributed by atoms with van der Waals surface area (Å²) < 4.78 is 0. The van der Waals surface area contributed by atoms with E-state index in [9.17, 15) is 0 Å². The molecule has 1 atom stereocenters. The van der Waals surface area contributed by atoms with Crippen LogP contribution in [-0.2, 0) is 0 Å². The van der Waals surface area contributed by atoms with Crippen LogP contribution in [0.4, 0.5) is 0 Å². The number of nitrogens with one attached hydrogen (secondary N) is 1. The molecule has 13 heavy (non-hydrogen) atoms. The van der Waals surface area contributed by atoms with Crippen molar-refractivity contribution in [1.82, 2.24) is 10.2 Å². The molecule has 1 N–H and O–H groups in total. The van der Waals surface area contributed by atoms with Crippen molar-refractivity contribution in [2.75, 3.05) is 26.2 Å². The van der Waals surface area contributed by atoms with Crippen molar-refractivity contribution < 1.29 is 0 Å². The summed E-state index contributed by atoms with van der Waals surface area (Å²) in [5, 5.41) is 3.43. The summed E-state index contributed by atoms with van der Waals surface area (Å²) in [6.07, 6.45) is 3.60. The Balaban J connectivity index is 2.40. The van der Waals surface area contributed by atoms with E-state index in [-0.39, 0.29) is 0 Å². The SMILES string of the molecule is CC(C)=CCN1CCNCCC1C. The topological polar surface area (TPSA) is 15.3 Å². The van der Waals surface area contributed by atoms with Gasteiger partial charge in [-0.2, -0.15) is 0 Å². The smallest absolute Gasteiger partial charge is 0.0168 e. The molecule has 0 bridgehead atoms. The second-order valence-electron chi connectivity index (χ2n) is 4.16. The van der Waals surface area contributed by atoms with E-state index in [1.165, 1.54) is 25.1 Å². The molecule has 2 nitrogen and oxygen atoms in total. The fourth-order valence-corrected chi connectivity index (χ4v) is 1.63. The molecule has 76 valence electrons. The minimum absolute atomic E-state index is 0.727. The molecule has 0 aromatic heterocycles. The van der Waals surface area contributed by atoms with E-state index in [4.69, 9.17) is 0 Å². The Morgan fingerprint density at radius 2 is 2.23 bits per heavy atom. The first-order valence-electron chi connectivity index (χ1n) is 5.28. The van der Waals surface area contributed by atoms with Gasteiger partial charge in [-0.1, -0.05) is 11.6 Å². The summed E-state index contributed by atoms with van der Waals surface area (Å²) in [7, 11) is 0. The highest BCUT2D eigenvalue weighted by Crippen LogP contribution is 2.06. The third-order valence-electron chi connectivity index (χ3n) is 2.67. The van der Waals surface area contributed by atoms with Crippen molar-refractivity contribution in [1.29, 1.82) is 0 Å². The minimum atomic E-state index is 0.727. The van der Waals surface area contributed by atoms with Gasteiger partial charge in [0.2, 0.25) is 0 Å². The van der Waals surface area contributed by atoms with Crippen LogP contribution in [0.15, 0.2) is 11.6 Å². The van der Waals surface area contributed by atoms with Gasteiger partial charge in [-0.25, -0.2) is 0 Å². The van der Waals surface area contributed by atoms with Crippen LogP contribution in [0.2, 0.25) is 0 Å². The highest BCUT2D eigenvalue weighted by Gasteiger charge is 2.14. The molecule has 0 radical (unpaired) electrons. The number of hydrogen-bond donors (Lipinski definition) is 1. The Morgan fingerprint density at radius 1 is 1.46 bits per heavy atom. The van der Waals surface area contributed by atoms with Crippen LogP contribution >= 0.6 is 0 Å². The van der Waals surface area contributed by atoms with Crippen molar-refractivity contribution in [3.63, 3.8) is 0 Å². The zero-order valence-electron chi connectivity index (χ0n) is 9.14. The van der Waals surface area contributed by atoms with Crippen LogP contribution < -0.4 is 5.32 Å². The summed E-state index contributed by atoms with van der Waals surface area (Å²) in [4.78, 5) is 2.55. The van der Waals surface area contributed by atoms with E-state index in [0.717, 1.165) is 19.1 Å². The predicted octanol–water partition coefficient (Wildman–Crippen LogP) is 1.64. The summed E-state index contributed by atoms with van der Waals surface area (Å²) in [5.74, 6) is 0. The van der Waals surface area contributed by atoms with Crippen molar-refractivity contribution in [3.05, 3.63) is 11.6 Å². The zero-order valence-corrected chi connectivity index (χ0v) is 9.14. The zero-order chi connectivity index (χ0) is 9.68. The van der Waals surface area contributed by atoms with Crippen LogP contribution in [-0.4, -0.2) is 37.1 Å². The molecular formula is C11H22N2. The van der Waals surface area contributed by atoms with Gasteiger partial charge in [0, 0.05) is 25.7 Å². The highest BCUT2D eigenvalue weighted by molar-refractivity contribution is 4.95. The summed E-state index contributed by atoms with van der Waals surface area (Å²) in [5.41, 5.74) is 1.42. The molecule has 0 aliphatic carbocycles. The first-order valence-corrected chi connectivity index (χ1v) is 5.28. The minimum Gasteiger partial charge on any atom is -0.315 e. The number of nitrogens with zero attached hydrogens (tertiary/aromatic N) is 1. The molecule has 1 rings (SSSR count). The quantitative estimate of drug-likeness (QED) is 0.653. The summed E-state index contributed by atoms with van der Waals surface area (Å²) >= 11 is 0. The summed E-state index contributed by atoms with van der Waals surface area (Å²) in [6.45, 7) is 11.3. The van der Waals surface area contributed by atoms with Crippen molar-refractivity contribution in [3.8, 4) is 0 Å². The highest BCUT2D eigenvalue weighted by atomic mass is 15.2. The van der Waals surface area contributed by atoms with E-state index in [1.54, 1.807) is 0 Å². The largest absolute Gasteiger partial charge is 0.315 e. The molecule has 1 unspecified atom stereocenters. The molecule has 0 aromatic carbocycles. The van der Waals surface area contributed by atoms with Gasteiger partial charge in [0.15, 0.2) is 0 Å². The van der Waals surface area contributed by atoms with Gasteiger partial charge >= 0.3 is 0 Å². The monoisotopic (exact) mass is 182 g/mol. The molecule has 1 aliphatic heterocycles. The maximum atomic E-state index is 3.43. The lowest BCUT2D eigenvalue weighted by Crippen LogP contribution is -2.34. The fourth-order valence-electron chi connectivity index (χ4n) is 1.63. The van der Waals surface area contributed by atoms with Crippen LogP contribution in [0.5, 0.6) is 0 Å². The number of allylic oxidation sites excluding steroid dienone is 1. The Bertz CT molecular complexity index is 171. The normalized spacial score (nSPS) is 25.3. The number of hydrogen-bond acceptors (Lipinski definition) is 2. The second kappa shape index (κ2) is 5.40. The third kappa shape index (κ3) is 3.92. The molecule has 0 amide bonds. The predicted molar refractivity (Wildman–Crippen MR) is 58.0 cm³/mol. The van der Waals surface area contributed by atoms with Gasteiger partial charge in [-0.3, -0.25) is 4.90 Å². The lowest BCUT2D eigenvalue weighted by atomic mass is 10.2. The van der Waals surface area contributed by atoms with E-state index >= 15 is 0 Å². The molecule has 2 heteroatoms. The van der Waals surface area contributed by atoms with Crippen LogP contribution in [0.25, 0.3) is 0 Å². The van der Waals surface area contributed by atoms with E-state index in [2.05, 4.69) is 37.1 Å². The van der Waals surface area contributed by atoms with Gasteiger partial charge in [0.05, 0.1) is 0 Å². The standard InChI is InChI=1S/C11H22N2/c1-10(2)5-8-13-9-7-12-6-4-11(13)3/h5,11-12H,4,6-9H2,1-3H3. The lowest BCUT2D eigenvalue weighted by Gasteiger charge is -2.25. The van der Waals surface area contributed by atoms with E-state index in [1.807, 2.05) is 0 Å². The van der Waals surface area contributed by atoms with Gasteiger partial charge in [0.25, 0.3) is 0 Å². The fraction of sp³-hybridized carbons (Fsp3) is 0.818. The Morgan fingerprint density at radius 3 is 2.92 bits per heavy atom. The third-order valence-corrected chi connectivity index (χ3v) is 2.67. The average Bonchev–Trinajstić information content (AvgIpc) is 2.27. The van der Waals surface area contributed by atoms with Crippen LogP contribution in [0.1, 0.15) is 27.2 Å². The van der Waals surface area contributed by atoms with Crippen LogP contribution in [0.3, 0.4) is 0 Å². The van der Waals surface area contributed by atoms with Crippen molar-refractivity contribution in [2.24, 2.45) is 0 Å². The van der Waals surface area contributed by atoms with Crippen molar-refractivity contribution in [2.45, 2.75) is 33.2 Å². The van der Waals surface area contributed by atoms with Gasteiger partial charge in [0.1, 0.15) is 0 Å². The first-order chi connectivity index (χ1) is 6.20. The molecule has 0 saturated carbocycles. The molecular weight excluding hydrogens is 160 g/mol. The van der Waals surface area contributed by atoms with Gasteiger partial charge in [-0.05, 0) is 33.7 Å². The molecule has 0 aromatic rings. The average molecular weight is 182 g/mol.